The lowest BCUT2D eigenvalue weighted by Crippen LogP contribution is -2.31. The highest BCUT2D eigenvalue weighted by atomic mass is 15.1. The van der Waals surface area contributed by atoms with Gasteiger partial charge < -0.3 is 5.73 Å². The van der Waals surface area contributed by atoms with Crippen LogP contribution in [0.3, 0.4) is 0 Å². The van der Waals surface area contributed by atoms with Crippen LogP contribution in [0, 0.1) is 6.92 Å². The van der Waals surface area contributed by atoms with Crippen molar-refractivity contribution in [1.29, 1.82) is 0 Å². The van der Waals surface area contributed by atoms with Crippen LogP contribution in [-0.4, -0.2) is 30.0 Å². The number of rotatable bonds is 7. The third-order valence-electron chi connectivity index (χ3n) is 4.11. The van der Waals surface area contributed by atoms with Crippen molar-refractivity contribution in [2.24, 2.45) is 5.73 Å². The molecule has 0 saturated carbocycles. The Kier molecular flexibility index (Phi) is 5.71. The zero-order chi connectivity index (χ0) is 15.2. The summed E-state index contributed by atoms with van der Waals surface area (Å²) in [6.45, 7) is 6.00. The number of aromatic nitrogens is 1. The molecule has 3 nitrogen and oxygen atoms in total. The highest BCUT2D eigenvalue weighted by Crippen LogP contribution is 2.23. The molecule has 0 aliphatic heterocycles. The summed E-state index contributed by atoms with van der Waals surface area (Å²) in [6, 6.07) is 11.0. The van der Waals surface area contributed by atoms with Gasteiger partial charge in [-0.25, -0.2) is 0 Å². The van der Waals surface area contributed by atoms with Crippen molar-refractivity contribution in [1.82, 2.24) is 9.88 Å². The van der Waals surface area contributed by atoms with E-state index >= 15 is 0 Å². The first-order valence-electron chi connectivity index (χ1n) is 7.93. The summed E-state index contributed by atoms with van der Waals surface area (Å²) in [5.74, 6) is 0. The minimum atomic E-state index is 0.285. The molecule has 0 bridgehead atoms. The number of aryl methyl sites for hydroxylation is 1. The molecule has 0 radical (unpaired) electrons. The van der Waals surface area contributed by atoms with Crippen molar-refractivity contribution < 1.29 is 0 Å². The third kappa shape index (κ3) is 4.02. The lowest BCUT2D eigenvalue weighted by Gasteiger charge is -2.27. The summed E-state index contributed by atoms with van der Waals surface area (Å²) in [5.41, 5.74) is 9.42. The number of hydrogen-bond donors (Lipinski definition) is 1. The van der Waals surface area contributed by atoms with Crippen LogP contribution in [0.4, 0.5) is 0 Å². The van der Waals surface area contributed by atoms with E-state index < -0.39 is 0 Å². The first kappa shape index (κ1) is 15.9. The predicted octanol–water partition coefficient (Wildman–Crippen LogP) is 3.67. The molecule has 1 aromatic heterocycles. The van der Waals surface area contributed by atoms with E-state index in [1.165, 1.54) is 30.2 Å². The number of benzene rings is 1. The van der Waals surface area contributed by atoms with E-state index in [-0.39, 0.29) is 6.04 Å². The van der Waals surface area contributed by atoms with Crippen molar-refractivity contribution >= 4 is 10.9 Å². The number of likely N-dealkylation sites (N-methyl/N-ethyl adjacent to an activating group) is 1. The van der Waals surface area contributed by atoms with E-state index in [0.29, 0.717) is 6.54 Å². The Balaban J connectivity index is 2.19. The first-order valence-corrected chi connectivity index (χ1v) is 7.93. The third-order valence-corrected chi connectivity index (χ3v) is 4.11. The summed E-state index contributed by atoms with van der Waals surface area (Å²) in [4.78, 5) is 6.94. The fourth-order valence-electron chi connectivity index (χ4n) is 2.79. The molecule has 0 amide bonds. The fraction of sp³-hybridized carbons (Fsp3) is 0.500. The van der Waals surface area contributed by atoms with Gasteiger partial charge in [0.15, 0.2) is 0 Å². The maximum absolute atomic E-state index is 6.02. The van der Waals surface area contributed by atoms with Gasteiger partial charge in [0, 0.05) is 23.7 Å². The van der Waals surface area contributed by atoms with Gasteiger partial charge in [0.2, 0.25) is 0 Å². The molecular weight excluding hydrogens is 258 g/mol. The second-order valence-corrected chi connectivity index (χ2v) is 5.84. The van der Waals surface area contributed by atoms with E-state index in [2.05, 4.69) is 54.2 Å². The van der Waals surface area contributed by atoms with Gasteiger partial charge in [-0.3, -0.25) is 9.88 Å². The van der Waals surface area contributed by atoms with Gasteiger partial charge in [0.1, 0.15) is 0 Å². The van der Waals surface area contributed by atoms with Gasteiger partial charge in [0.05, 0.1) is 5.52 Å². The average molecular weight is 285 g/mol. The summed E-state index contributed by atoms with van der Waals surface area (Å²) in [7, 11) is 2.17. The number of unbranched alkanes of at least 4 members (excludes halogenated alkanes) is 2. The Morgan fingerprint density at radius 2 is 2.00 bits per heavy atom. The molecule has 0 saturated heterocycles. The second-order valence-electron chi connectivity index (χ2n) is 5.84. The molecule has 0 aliphatic rings. The zero-order valence-corrected chi connectivity index (χ0v) is 13.5. The molecule has 0 aliphatic carbocycles. The summed E-state index contributed by atoms with van der Waals surface area (Å²) >= 11 is 0. The topological polar surface area (TPSA) is 42.1 Å². The number of nitrogens with two attached hydrogens (primary N) is 1. The number of nitrogens with zero attached hydrogens (tertiary/aromatic N) is 2. The molecule has 3 heteroatoms. The molecule has 1 heterocycles. The van der Waals surface area contributed by atoms with E-state index in [1.54, 1.807) is 0 Å². The van der Waals surface area contributed by atoms with Crippen LogP contribution in [-0.2, 0) is 0 Å². The Bertz CT molecular complexity index is 580. The van der Waals surface area contributed by atoms with E-state index in [1.807, 2.05) is 6.92 Å². The van der Waals surface area contributed by atoms with Gasteiger partial charge in [-0.2, -0.15) is 0 Å². The number of hydrogen-bond acceptors (Lipinski definition) is 3. The van der Waals surface area contributed by atoms with Gasteiger partial charge in [-0.1, -0.05) is 31.9 Å². The van der Waals surface area contributed by atoms with Crippen LogP contribution < -0.4 is 5.73 Å². The van der Waals surface area contributed by atoms with Crippen molar-refractivity contribution in [2.45, 2.75) is 39.2 Å². The molecular formula is C18H27N3. The maximum atomic E-state index is 6.02. The molecule has 1 unspecified atom stereocenters. The summed E-state index contributed by atoms with van der Waals surface area (Å²) in [5, 5.41) is 1.19. The van der Waals surface area contributed by atoms with Gasteiger partial charge in [-0.05, 0) is 50.7 Å². The normalized spacial score (nSPS) is 13.0. The number of pyridine rings is 1. The Morgan fingerprint density at radius 3 is 2.71 bits per heavy atom. The molecule has 2 aromatic rings. The van der Waals surface area contributed by atoms with Gasteiger partial charge in [-0.15, -0.1) is 0 Å². The second kappa shape index (κ2) is 7.53. The Labute approximate surface area is 128 Å². The molecule has 2 N–H and O–H groups in total. The van der Waals surface area contributed by atoms with Crippen LogP contribution in [0.25, 0.3) is 10.9 Å². The molecule has 21 heavy (non-hydrogen) atoms. The molecule has 1 atom stereocenters. The lowest BCUT2D eigenvalue weighted by molar-refractivity contribution is 0.245. The molecule has 2 rings (SSSR count). The molecule has 0 fully saturated rings. The van der Waals surface area contributed by atoms with E-state index in [9.17, 15) is 0 Å². The Hall–Kier alpha value is -1.45. The minimum absolute atomic E-state index is 0.285. The fourth-order valence-corrected chi connectivity index (χ4v) is 2.79. The van der Waals surface area contributed by atoms with Crippen molar-refractivity contribution in [3.8, 4) is 0 Å². The quantitative estimate of drug-likeness (QED) is 0.789. The van der Waals surface area contributed by atoms with Crippen molar-refractivity contribution in [3.63, 3.8) is 0 Å². The minimum Gasteiger partial charge on any atom is -0.329 e. The molecule has 114 valence electrons. The monoisotopic (exact) mass is 285 g/mol. The van der Waals surface area contributed by atoms with Gasteiger partial charge >= 0.3 is 0 Å². The highest BCUT2D eigenvalue weighted by Gasteiger charge is 2.15. The van der Waals surface area contributed by atoms with Crippen LogP contribution in [0.2, 0.25) is 0 Å². The standard InChI is InChI=1S/C18H27N3/c1-4-5-6-11-21(3)18(13-19)16-9-10-17-15(12-16)8-7-14(2)20-17/h7-10,12,18H,4-6,11,13,19H2,1-3H3. The van der Waals surface area contributed by atoms with E-state index in [0.717, 1.165) is 17.8 Å². The largest absolute Gasteiger partial charge is 0.329 e. The summed E-state index contributed by atoms with van der Waals surface area (Å²) in [6.07, 6.45) is 3.77. The Morgan fingerprint density at radius 1 is 1.19 bits per heavy atom. The molecule has 0 spiro atoms. The maximum Gasteiger partial charge on any atom is 0.0705 e. The van der Waals surface area contributed by atoms with Crippen LogP contribution in [0.1, 0.15) is 43.5 Å². The lowest BCUT2D eigenvalue weighted by atomic mass is 10.0. The van der Waals surface area contributed by atoms with Crippen LogP contribution in [0.5, 0.6) is 0 Å². The van der Waals surface area contributed by atoms with Crippen molar-refractivity contribution in [2.75, 3.05) is 20.1 Å². The van der Waals surface area contributed by atoms with Crippen LogP contribution >= 0.6 is 0 Å². The molecule has 1 aromatic carbocycles. The first-order chi connectivity index (χ1) is 10.2. The highest BCUT2D eigenvalue weighted by molar-refractivity contribution is 5.79. The summed E-state index contributed by atoms with van der Waals surface area (Å²) < 4.78 is 0. The van der Waals surface area contributed by atoms with Crippen LogP contribution in [0.15, 0.2) is 30.3 Å². The SMILES string of the molecule is CCCCCN(C)C(CN)c1ccc2nc(C)ccc2c1. The van der Waals surface area contributed by atoms with Gasteiger partial charge in [0.25, 0.3) is 0 Å². The number of fused-ring (bicyclic) bond motifs is 1. The van der Waals surface area contributed by atoms with Crippen molar-refractivity contribution in [3.05, 3.63) is 41.6 Å². The predicted molar refractivity (Wildman–Crippen MR) is 90.4 cm³/mol. The average Bonchev–Trinajstić information content (AvgIpc) is 2.48. The zero-order valence-electron chi connectivity index (χ0n) is 13.5. The smallest absolute Gasteiger partial charge is 0.0705 e. The van der Waals surface area contributed by atoms with E-state index in [4.69, 9.17) is 5.73 Å².